The largest absolute Gasteiger partial charge is 0.383 e. The Morgan fingerprint density at radius 1 is 1.37 bits per heavy atom. The molecule has 1 aliphatic rings. The quantitative estimate of drug-likeness (QED) is 0.371. The molecule has 1 fully saturated rings. The van der Waals surface area contributed by atoms with Crippen molar-refractivity contribution in [2.24, 2.45) is 0 Å². The van der Waals surface area contributed by atoms with Crippen molar-refractivity contribution >= 4 is 28.8 Å². The van der Waals surface area contributed by atoms with Crippen molar-refractivity contribution in [3.8, 4) is 6.07 Å². The van der Waals surface area contributed by atoms with Crippen molar-refractivity contribution in [2.45, 2.75) is 25.5 Å². The minimum atomic E-state index is -0.429. The van der Waals surface area contributed by atoms with Crippen molar-refractivity contribution < 1.29 is 19.1 Å². The molecular weight excluding hydrogens is 384 g/mol. The summed E-state index contributed by atoms with van der Waals surface area (Å²) in [4.78, 5) is 24.7. The fourth-order valence-corrected chi connectivity index (χ4v) is 3.44. The number of rotatable bonds is 9. The molecule has 0 spiro atoms. The Labute approximate surface area is 175 Å². The highest BCUT2D eigenvalue weighted by atomic mass is 16.5. The first-order chi connectivity index (χ1) is 14.6. The van der Waals surface area contributed by atoms with E-state index >= 15 is 0 Å². The van der Waals surface area contributed by atoms with Crippen LogP contribution in [0.5, 0.6) is 0 Å². The van der Waals surface area contributed by atoms with E-state index in [9.17, 15) is 14.9 Å². The summed E-state index contributed by atoms with van der Waals surface area (Å²) in [7, 11) is 1.58. The third-order valence-corrected chi connectivity index (χ3v) is 4.94. The van der Waals surface area contributed by atoms with Crippen LogP contribution in [0.1, 0.15) is 18.4 Å². The number of fused-ring (bicyclic) bond motifs is 1. The zero-order valence-corrected chi connectivity index (χ0v) is 17.0. The smallest absolute Gasteiger partial charge is 0.262 e. The Hall–Kier alpha value is -3.15. The van der Waals surface area contributed by atoms with Gasteiger partial charge < -0.3 is 24.7 Å². The third kappa shape index (κ3) is 5.47. The summed E-state index contributed by atoms with van der Waals surface area (Å²) < 4.78 is 12.3. The number of hydrogen-bond acceptors (Lipinski definition) is 5. The van der Waals surface area contributed by atoms with Gasteiger partial charge in [-0.3, -0.25) is 9.59 Å². The van der Waals surface area contributed by atoms with Crippen LogP contribution in [-0.4, -0.2) is 55.9 Å². The van der Waals surface area contributed by atoms with Crippen molar-refractivity contribution in [1.82, 2.24) is 15.2 Å². The molecule has 1 unspecified atom stereocenters. The fourth-order valence-electron chi connectivity index (χ4n) is 3.44. The molecule has 30 heavy (non-hydrogen) atoms. The molecule has 0 aliphatic carbocycles. The standard InChI is InChI=1S/C22H26N4O4/c1-29-10-8-24-21(27)15-26-14-17(19-6-2-3-7-20(19)26)11-16(12-23)22(28)25-13-18-5-4-9-30-18/h2-3,6-7,11,14,18H,4-5,8-10,13,15H2,1H3,(H,24,27)(H,25,28). The molecule has 1 aliphatic heterocycles. The number of carbonyl (C=O) groups is 2. The van der Waals surface area contributed by atoms with E-state index < -0.39 is 5.91 Å². The van der Waals surface area contributed by atoms with Crippen LogP contribution in [0.3, 0.4) is 0 Å². The number of methoxy groups -OCH3 is 1. The minimum absolute atomic E-state index is 0.00688. The second-order valence-electron chi connectivity index (χ2n) is 7.09. The molecule has 2 N–H and O–H groups in total. The minimum Gasteiger partial charge on any atom is -0.383 e. The molecule has 2 amide bonds. The number of aromatic nitrogens is 1. The van der Waals surface area contributed by atoms with E-state index in [2.05, 4.69) is 10.6 Å². The number of nitrogens with zero attached hydrogens (tertiary/aromatic N) is 2. The van der Waals surface area contributed by atoms with E-state index in [0.29, 0.717) is 31.9 Å². The number of para-hydroxylation sites is 1. The Morgan fingerprint density at radius 3 is 2.93 bits per heavy atom. The summed E-state index contributed by atoms with van der Waals surface area (Å²) in [6.45, 7) is 2.11. The summed E-state index contributed by atoms with van der Waals surface area (Å²) in [5.41, 5.74) is 1.57. The SMILES string of the molecule is COCCNC(=O)Cn1cc(C=C(C#N)C(=O)NCC2CCCO2)c2ccccc21. The van der Waals surface area contributed by atoms with Gasteiger partial charge >= 0.3 is 0 Å². The highest BCUT2D eigenvalue weighted by Crippen LogP contribution is 2.23. The summed E-state index contributed by atoms with van der Waals surface area (Å²) in [6, 6.07) is 9.55. The van der Waals surface area contributed by atoms with Gasteiger partial charge in [0.1, 0.15) is 18.2 Å². The maximum absolute atomic E-state index is 12.5. The van der Waals surface area contributed by atoms with Crippen LogP contribution in [0.2, 0.25) is 0 Å². The number of carbonyl (C=O) groups excluding carboxylic acids is 2. The lowest BCUT2D eigenvalue weighted by Crippen LogP contribution is -2.32. The maximum Gasteiger partial charge on any atom is 0.262 e. The van der Waals surface area contributed by atoms with E-state index in [0.717, 1.165) is 23.7 Å². The summed E-state index contributed by atoms with van der Waals surface area (Å²) in [5, 5.41) is 15.9. The Morgan fingerprint density at radius 2 is 2.20 bits per heavy atom. The summed E-state index contributed by atoms with van der Waals surface area (Å²) in [5.74, 6) is -0.569. The van der Waals surface area contributed by atoms with Gasteiger partial charge in [0.2, 0.25) is 5.91 Å². The number of ether oxygens (including phenoxy) is 2. The first kappa shape index (κ1) is 21.6. The van der Waals surface area contributed by atoms with Crippen LogP contribution in [-0.2, 0) is 25.6 Å². The van der Waals surface area contributed by atoms with Gasteiger partial charge in [-0.2, -0.15) is 5.26 Å². The van der Waals surface area contributed by atoms with Crippen molar-refractivity contribution in [2.75, 3.05) is 33.4 Å². The van der Waals surface area contributed by atoms with Crippen LogP contribution >= 0.6 is 0 Å². The molecule has 2 heterocycles. The summed E-state index contributed by atoms with van der Waals surface area (Å²) >= 11 is 0. The van der Waals surface area contributed by atoms with Crippen LogP contribution < -0.4 is 10.6 Å². The molecule has 1 saturated heterocycles. The topological polar surface area (TPSA) is 105 Å². The van der Waals surface area contributed by atoms with Gasteiger partial charge in [0.25, 0.3) is 5.91 Å². The molecule has 3 rings (SSSR count). The predicted molar refractivity (Wildman–Crippen MR) is 112 cm³/mol. The van der Waals surface area contributed by atoms with Gasteiger partial charge in [0, 0.05) is 49.5 Å². The Balaban J connectivity index is 1.77. The van der Waals surface area contributed by atoms with E-state index in [1.807, 2.05) is 34.9 Å². The van der Waals surface area contributed by atoms with Crippen molar-refractivity contribution in [3.63, 3.8) is 0 Å². The Bertz CT molecular complexity index is 967. The number of nitriles is 1. The molecule has 2 aromatic rings. The second-order valence-corrected chi connectivity index (χ2v) is 7.09. The van der Waals surface area contributed by atoms with Crippen molar-refractivity contribution in [1.29, 1.82) is 5.26 Å². The monoisotopic (exact) mass is 410 g/mol. The molecule has 158 valence electrons. The zero-order valence-electron chi connectivity index (χ0n) is 17.0. The van der Waals surface area contributed by atoms with Gasteiger partial charge in [-0.25, -0.2) is 0 Å². The summed E-state index contributed by atoms with van der Waals surface area (Å²) in [6.07, 6.45) is 5.25. The van der Waals surface area contributed by atoms with Gasteiger partial charge in [-0.15, -0.1) is 0 Å². The van der Waals surface area contributed by atoms with E-state index in [1.165, 1.54) is 0 Å². The average molecular weight is 410 g/mol. The number of benzene rings is 1. The van der Waals surface area contributed by atoms with Crippen LogP contribution in [0.4, 0.5) is 0 Å². The number of hydrogen-bond donors (Lipinski definition) is 2. The predicted octanol–water partition coefficient (Wildman–Crippen LogP) is 1.61. The molecule has 0 bridgehead atoms. The zero-order chi connectivity index (χ0) is 21.3. The van der Waals surface area contributed by atoms with E-state index in [-0.39, 0.29) is 24.1 Å². The third-order valence-electron chi connectivity index (χ3n) is 4.94. The first-order valence-electron chi connectivity index (χ1n) is 9.97. The molecular formula is C22H26N4O4. The number of nitrogens with one attached hydrogen (secondary N) is 2. The lowest BCUT2D eigenvalue weighted by Gasteiger charge is -2.10. The average Bonchev–Trinajstić information content (AvgIpc) is 3.39. The molecule has 8 heteroatoms. The lowest BCUT2D eigenvalue weighted by molar-refractivity contribution is -0.121. The normalized spacial score (nSPS) is 16.4. The number of amides is 2. The highest BCUT2D eigenvalue weighted by molar-refractivity contribution is 6.04. The molecule has 0 saturated carbocycles. The highest BCUT2D eigenvalue weighted by Gasteiger charge is 2.18. The van der Waals surface area contributed by atoms with Crippen LogP contribution in [0.25, 0.3) is 17.0 Å². The van der Waals surface area contributed by atoms with E-state index in [1.54, 1.807) is 19.4 Å². The molecule has 0 radical (unpaired) electrons. The van der Waals surface area contributed by atoms with Gasteiger partial charge in [-0.05, 0) is 25.0 Å². The molecule has 1 aromatic carbocycles. The first-order valence-corrected chi connectivity index (χ1v) is 9.97. The fraction of sp³-hybridized carbons (Fsp3) is 0.409. The second kappa shape index (κ2) is 10.6. The van der Waals surface area contributed by atoms with Crippen LogP contribution in [0.15, 0.2) is 36.0 Å². The van der Waals surface area contributed by atoms with Gasteiger partial charge in [-0.1, -0.05) is 18.2 Å². The van der Waals surface area contributed by atoms with Crippen LogP contribution in [0, 0.1) is 11.3 Å². The Kier molecular flexibility index (Phi) is 7.60. The maximum atomic E-state index is 12.5. The van der Waals surface area contributed by atoms with Gasteiger partial charge in [0.15, 0.2) is 0 Å². The van der Waals surface area contributed by atoms with Gasteiger partial charge in [0.05, 0.1) is 12.7 Å². The molecule has 1 atom stereocenters. The lowest BCUT2D eigenvalue weighted by atomic mass is 10.1. The van der Waals surface area contributed by atoms with E-state index in [4.69, 9.17) is 9.47 Å². The molecule has 1 aromatic heterocycles. The molecule has 8 nitrogen and oxygen atoms in total. The van der Waals surface area contributed by atoms with Crippen molar-refractivity contribution in [3.05, 3.63) is 41.6 Å².